The van der Waals surface area contributed by atoms with Gasteiger partial charge in [-0.1, -0.05) is 56.9 Å². The third-order valence-corrected chi connectivity index (χ3v) is 8.29. The number of benzene rings is 2. The molecule has 3 aromatic rings. The molecule has 2 aromatic carbocycles. The molecule has 0 radical (unpaired) electrons. The molecule has 4 rings (SSSR count). The van der Waals surface area contributed by atoms with Crippen molar-refractivity contribution in [1.82, 2.24) is 4.98 Å². The predicted octanol–water partition coefficient (Wildman–Crippen LogP) is 6.09. The van der Waals surface area contributed by atoms with Gasteiger partial charge in [0.05, 0.1) is 21.2 Å². The lowest BCUT2D eigenvalue weighted by Gasteiger charge is -2.38. The van der Waals surface area contributed by atoms with Gasteiger partial charge in [0.25, 0.3) is 0 Å². The van der Waals surface area contributed by atoms with Gasteiger partial charge in [-0.25, -0.2) is 9.78 Å². The minimum absolute atomic E-state index is 0.285. The molecule has 0 unspecified atom stereocenters. The van der Waals surface area contributed by atoms with Crippen molar-refractivity contribution in [3.8, 4) is 5.88 Å². The second kappa shape index (κ2) is 13.3. The molecule has 7 nitrogen and oxygen atoms in total. The number of esters is 1. The first kappa shape index (κ1) is 29.5. The van der Waals surface area contributed by atoms with E-state index in [0.717, 1.165) is 72.5 Å². The van der Waals surface area contributed by atoms with Gasteiger partial charge in [0.1, 0.15) is 13.2 Å². The number of fused-ring (bicyclic) bond motifs is 1. The normalized spacial score (nSPS) is 15.1. The number of primary amides is 1. The van der Waals surface area contributed by atoms with E-state index < -0.39 is 11.9 Å². The monoisotopic (exact) mass is 546 g/mol. The van der Waals surface area contributed by atoms with E-state index in [9.17, 15) is 9.59 Å². The van der Waals surface area contributed by atoms with Crippen molar-refractivity contribution in [2.45, 2.75) is 70.3 Å². The number of carbonyl (C=O) groups is 2. The topological polar surface area (TPSA) is 91.5 Å². The summed E-state index contributed by atoms with van der Waals surface area (Å²) in [6.07, 6.45) is 8.65. The van der Waals surface area contributed by atoms with Crippen LogP contribution >= 0.6 is 0 Å². The van der Waals surface area contributed by atoms with Crippen LogP contribution in [-0.2, 0) is 16.0 Å². The molecule has 1 amide bonds. The lowest BCUT2D eigenvalue weighted by atomic mass is 9.79. The highest BCUT2D eigenvalue weighted by molar-refractivity contribution is 5.93. The third-order valence-electron chi connectivity index (χ3n) is 8.29. The number of amides is 1. The number of rotatable bonds is 12. The van der Waals surface area contributed by atoms with Gasteiger partial charge in [0, 0.05) is 22.2 Å². The molecule has 7 heteroatoms. The number of hydrogen-bond donors (Lipinski definition) is 1. The lowest BCUT2D eigenvalue weighted by Crippen LogP contribution is -2.49. The molecule has 1 heterocycles. The maximum absolute atomic E-state index is 13.4. The number of nitrogens with zero attached hydrogens (tertiary/aromatic N) is 2. The van der Waals surface area contributed by atoms with Gasteiger partial charge in [-0.05, 0) is 66.8 Å². The first-order chi connectivity index (χ1) is 19.2. The number of aryl methyl sites for hydroxylation is 1. The summed E-state index contributed by atoms with van der Waals surface area (Å²) >= 11 is 0. The Balaban J connectivity index is 1.62. The quantitative estimate of drug-likeness (QED) is 0.219. The Hall–Kier alpha value is -3.45. The largest absolute Gasteiger partial charge is 0.471 e. The smallest absolute Gasteiger partial charge is 0.369 e. The molecule has 1 saturated carbocycles. The highest BCUT2D eigenvalue weighted by atomic mass is 16.5. The van der Waals surface area contributed by atoms with E-state index in [1.807, 2.05) is 44.4 Å². The summed E-state index contributed by atoms with van der Waals surface area (Å²) < 4.78 is 12.0. The van der Waals surface area contributed by atoms with Crippen LogP contribution < -0.4 is 10.5 Å². The Kier molecular flexibility index (Phi) is 9.80. The molecule has 1 fully saturated rings. The molecule has 214 valence electrons. The van der Waals surface area contributed by atoms with Gasteiger partial charge < -0.3 is 19.7 Å². The minimum Gasteiger partial charge on any atom is -0.471 e. The van der Waals surface area contributed by atoms with E-state index in [2.05, 4.69) is 19.1 Å². The number of nitrogens with two attached hydrogens (primary N) is 1. The molecular formula is C33H44N3O4+. The number of unbranched alkanes of at least 4 members (excludes halogenated alkanes) is 1. The summed E-state index contributed by atoms with van der Waals surface area (Å²) in [6, 6.07) is 15.3. The second-order valence-corrected chi connectivity index (χ2v) is 11.6. The van der Waals surface area contributed by atoms with Crippen molar-refractivity contribution in [3.63, 3.8) is 0 Å². The molecule has 40 heavy (non-hydrogen) atoms. The number of carbonyl (C=O) groups excluding carboxylic acids is 2. The Morgan fingerprint density at radius 1 is 1.07 bits per heavy atom. The fraction of sp³-hybridized carbons (Fsp3) is 0.485. The average molecular weight is 547 g/mol. The summed E-state index contributed by atoms with van der Waals surface area (Å²) in [7, 11) is 5.49. The number of ether oxygens (including phenoxy) is 2. The van der Waals surface area contributed by atoms with Crippen LogP contribution in [0.2, 0.25) is 0 Å². The zero-order valence-electron chi connectivity index (χ0n) is 24.4. The minimum atomic E-state index is -0.576. The highest BCUT2D eigenvalue weighted by Gasteiger charge is 2.40. The van der Waals surface area contributed by atoms with Crippen LogP contribution in [0.25, 0.3) is 10.8 Å². The average Bonchev–Trinajstić information content (AvgIpc) is 2.96. The number of quaternary nitrogens is 1. The molecule has 1 aromatic heterocycles. The van der Waals surface area contributed by atoms with Gasteiger partial charge in [0.2, 0.25) is 17.8 Å². The summed E-state index contributed by atoms with van der Waals surface area (Å²) in [6.45, 7) is 3.11. The van der Waals surface area contributed by atoms with Crippen molar-refractivity contribution < 1.29 is 23.5 Å². The van der Waals surface area contributed by atoms with Gasteiger partial charge in [-0.15, -0.1) is 0 Å². The van der Waals surface area contributed by atoms with Crippen LogP contribution in [0, 0.1) is 0 Å². The molecule has 0 saturated heterocycles. The van der Waals surface area contributed by atoms with E-state index in [1.54, 1.807) is 6.07 Å². The molecule has 1 aliphatic rings. The number of aromatic nitrogens is 1. The number of likely N-dealkylation sites (N-methyl/N-ethyl adjacent to an activating group) is 1. The Morgan fingerprint density at radius 3 is 2.52 bits per heavy atom. The van der Waals surface area contributed by atoms with Gasteiger partial charge in [-0.2, -0.15) is 0 Å². The van der Waals surface area contributed by atoms with Crippen LogP contribution in [0.1, 0.15) is 91.0 Å². The lowest BCUT2D eigenvalue weighted by molar-refractivity contribution is -0.912. The van der Waals surface area contributed by atoms with E-state index in [0.29, 0.717) is 29.1 Å². The van der Waals surface area contributed by atoms with Crippen LogP contribution in [0.4, 0.5) is 0 Å². The standard InChI is InChI=1S/C33H43N3O4/c1-5-6-15-26-21-24-14-10-11-16-27(24)32(35-26)40-20-19-36(2,3)30(33(38)39-4)28-18-17-25(31(34)37)22-29(28)23-12-8-7-9-13-23/h10-11,14,16-18,21-23,30H,5-9,12-13,15,19-20H2,1-4H3,(H-,34,37)/p+1/t30-/m1/s1. The SMILES string of the molecule is CCCCc1cc2ccccc2c(OCC[N+](C)(C)[C@@H](C(=O)OC)c2ccc(C(N)=O)cc2C2CCCCC2)n1. The van der Waals surface area contributed by atoms with Crippen LogP contribution in [0.15, 0.2) is 48.5 Å². The van der Waals surface area contributed by atoms with Gasteiger partial charge in [-0.3, -0.25) is 4.79 Å². The zero-order valence-corrected chi connectivity index (χ0v) is 24.4. The number of hydrogen-bond acceptors (Lipinski definition) is 5. The summed E-state index contributed by atoms with van der Waals surface area (Å²) in [4.78, 5) is 30.3. The van der Waals surface area contributed by atoms with E-state index in [-0.39, 0.29) is 11.9 Å². The van der Waals surface area contributed by atoms with Crippen molar-refractivity contribution >= 4 is 22.6 Å². The molecule has 2 N–H and O–H groups in total. The number of methoxy groups -OCH3 is 1. The number of pyridine rings is 1. The first-order valence-electron chi connectivity index (χ1n) is 14.6. The van der Waals surface area contributed by atoms with Crippen LogP contribution in [0.3, 0.4) is 0 Å². The Bertz CT molecular complexity index is 1330. The van der Waals surface area contributed by atoms with Crippen molar-refractivity contribution in [3.05, 3.63) is 70.9 Å². The van der Waals surface area contributed by atoms with E-state index in [1.165, 1.54) is 13.5 Å². The van der Waals surface area contributed by atoms with Crippen LogP contribution in [0.5, 0.6) is 5.88 Å². The van der Waals surface area contributed by atoms with Crippen LogP contribution in [-0.4, -0.2) is 55.7 Å². The van der Waals surface area contributed by atoms with Crippen molar-refractivity contribution in [2.24, 2.45) is 5.73 Å². The fourth-order valence-electron chi connectivity index (χ4n) is 5.97. The van der Waals surface area contributed by atoms with Gasteiger partial charge in [0.15, 0.2) is 0 Å². The Labute approximate surface area is 238 Å². The first-order valence-corrected chi connectivity index (χ1v) is 14.6. The maximum atomic E-state index is 13.4. The molecule has 1 aliphatic carbocycles. The summed E-state index contributed by atoms with van der Waals surface area (Å²) in [5.41, 5.74) is 9.10. The predicted molar refractivity (Wildman–Crippen MR) is 158 cm³/mol. The highest BCUT2D eigenvalue weighted by Crippen LogP contribution is 2.39. The van der Waals surface area contributed by atoms with Crippen molar-refractivity contribution in [2.75, 3.05) is 34.4 Å². The molecule has 1 atom stereocenters. The molecule has 0 bridgehead atoms. The van der Waals surface area contributed by atoms with Crippen molar-refractivity contribution in [1.29, 1.82) is 0 Å². The molecular weight excluding hydrogens is 502 g/mol. The molecule has 0 spiro atoms. The summed E-state index contributed by atoms with van der Waals surface area (Å²) in [5.74, 6) is 0.153. The van der Waals surface area contributed by atoms with Gasteiger partial charge >= 0.3 is 5.97 Å². The van der Waals surface area contributed by atoms with E-state index >= 15 is 0 Å². The second-order valence-electron chi connectivity index (χ2n) is 11.6. The third kappa shape index (κ3) is 6.81. The fourth-order valence-corrected chi connectivity index (χ4v) is 5.97. The van der Waals surface area contributed by atoms with E-state index in [4.69, 9.17) is 20.2 Å². The zero-order chi connectivity index (χ0) is 28.7. The maximum Gasteiger partial charge on any atom is 0.369 e. The molecule has 0 aliphatic heterocycles. The summed E-state index contributed by atoms with van der Waals surface area (Å²) in [5, 5.41) is 2.10. The Morgan fingerprint density at radius 2 is 1.82 bits per heavy atom.